The van der Waals surface area contributed by atoms with E-state index in [1.807, 2.05) is 0 Å². The quantitative estimate of drug-likeness (QED) is 0.336. The number of fused-ring (bicyclic) bond motifs is 1. The Kier molecular flexibility index (Phi) is 5.43. The van der Waals surface area contributed by atoms with Gasteiger partial charge in [0.2, 0.25) is 0 Å². The molecule has 1 N–H and O–H groups in total. The Balaban J connectivity index is 1.81. The summed E-state index contributed by atoms with van der Waals surface area (Å²) >= 11 is 19.5. The number of carbonyl (C=O) groups excluding carboxylic acids is 1. The van der Waals surface area contributed by atoms with Crippen molar-refractivity contribution in [1.82, 2.24) is 5.43 Å². The largest absolute Gasteiger partial charge is 0.283 e. The zero-order valence-electron chi connectivity index (χ0n) is 12.7. The van der Waals surface area contributed by atoms with Crippen molar-refractivity contribution < 1.29 is 9.72 Å². The molecule has 1 amide bonds. The number of nitro benzene ring substituents is 1. The number of hydrogen-bond donors (Lipinski definition) is 1. The van der Waals surface area contributed by atoms with E-state index >= 15 is 0 Å². The molecule has 0 saturated heterocycles. The summed E-state index contributed by atoms with van der Waals surface area (Å²) in [5, 5.41) is 16.1. The minimum atomic E-state index is -0.523. The predicted molar refractivity (Wildman–Crippen MR) is 105 cm³/mol. The highest BCUT2D eigenvalue weighted by molar-refractivity contribution is 7.21. The minimum Gasteiger partial charge on any atom is -0.266 e. The first-order chi connectivity index (χ1) is 12.4. The van der Waals surface area contributed by atoms with Gasteiger partial charge >= 0.3 is 0 Å². The molecule has 3 rings (SSSR count). The maximum absolute atomic E-state index is 12.3. The number of rotatable bonds is 4. The Morgan fingerprint density at radius 1 is 1.23 bits per heavy atom. The Morgan fingerprint density at radius 3 is 2.73 bits per heavy atom. The number of halogens is 3. The van der Waals surface area contributed by atoms with Crippen LogP contribution >= 0.6 is 46.1 Å². The van der Waals surface area contributed by atoms with Crippen molar-refractivity contribution in [3.8, 4) is 0 Å². The van der Waals surface area contributed by atoms with Crippen molar-refractivity contribution in [3.05, 3.63) is 72.0 Å². The maximum atomic E-state index is 12.3. The van der Waals surface area contributed by atoms with Gasteiger partial charge in [-0.05, 0) is 12.1 Å². The summed E-state index contributed by atoms with van der Waals surface area (Å²) in [5.74, 6) is -0.523. The standard InChI is InChI=1S/C16H8Cl3N3O3S/c17-9-5-11(18)13-12(6-9)26-15(14(13)19)16(23)21-20-7-8-2-1-3-10(4-8)22(24)25/h1-7H,(H,21,23)/b20-7+. The van der Waals surface area contributed by atoms with Crippen LogP contribution in [0.15, 0.2) is 41.5 Å². The molecule has 0 atom stereocenters. The van der Waals surface area contributed by atoms with Crippen molar-refractivity contribution in [2.24, 2.45) is 5.10 Å². The zero-order chi connectivity index (χ0) is 18.8. The summed E-state index contributed by atoms with van der Waals surface area (Å²) in [4.78, 5) is 22.8. The van der Waals surface area contributed by atoms with Gasteiger partial charge in [-0.25, -0.2) is 5.43 Å². The lowest BCUT2D eigenvalue weighted by molar-refractivity contribution is -0.384. The van der Waals surface area contributed by atoms with E-state index in [2.05, 4.69) is 10.5 Å². The Bertz CT molecular complexity index is 1070. The van der Waals surface area contributed by atoms with Crippen LogP contribution in [-0.2, 0) is 0 Å². The van der Waals surface area contributed by atoms with Crippen molar-refractivity contribution >= 4 is 74.0 Å². The van der Waals surface area contributed by atoms with Gasteiger partial charge in [-0.15, -0.1) is 11.3 Å². The number of hydrogen-bond acceptors (Lipinski definition) is 5. The van der Waals surface area contributed by atoms with Crippen LogP contribution < -0.4 is 5.43 Å². The van der Waals surface area contributed by atoms with Crippen LogP contribution in [-0.4, -0.2) is 17.0 Å². The SMILES string of the molecule is O=C(N/N=C/c1cccc([N+](=O)[O-])c1)c1sc2cc(Cl)cc(Cl)c2c1Cl. The van der Waals surface area contributed by atoms with Gasteiger partial charge in [-0.2, -0.15) is 5.10 Å². The third-order valence-corrected chi connectivity index (χ3v) is 5.46. The molecule has 0 aliphatic rings. The van der Waals surface area contributed by atoms with Gasteiger partial charge in [0.1, 0.15) is 4.88 Å². The summed E-state index contributed by atoms with van der Waals surface area (Å²) in [6, 6.07) is 9.06. The second kappa shape index (κ2) is 7.59. The summed E-state index contributed by atoms with van der Waals surface area (Å²) in [6.07, 6.45) is 1.30. The average Bonchev–Trinajstić information content (AvgIpc) is 2.91. The number of benzene rings is 2. The lowest BCUT2D eigenvalue weighted by Gasteiger charge is -1.98. The normalized spacial score (nSPS) is 11.2. The smallest absolute Gasteiger partial charge is 0.266 e. The van der Waals surface area contributed by atoms with E-state index in [4.69, 9.17) is 34.8 Å². The topological polar surface area (TPSA) is 84.6 Å². The summed E-state index contributed by atoms with van der Waals surface area (Å²) in [5.41, 5.74) is 2.74. The summed E-state index contributed by atoms with van der Waals surface area (Å²) in [7, 11) is 0. The highest BCUT2D eigenvalue weighted by Crippen LogP contribution is 2.41. The molecule has 2 aromatic carbocycles. The Hall–Kier alpha value is -2.19. The van der Waals surface area contributed by atoms with Crippen LogP contribution in [0, 0.1) is 10.1 Å². The molecule has 10 heteroatoms. The minimum absolute atomic E-state index is 0.0700. The molecule has 0 aliphatic carbocycles. The van der Waals surface area contributed by atoms with Crippen LogP contribution in [0.1, 0.15) is 15.2 Å². The first kappa shape index (κ1) is 18.6. The van der Waals surface area contributed by atoms with Gasteiger partial charge in [0.05, 0.1) is 21.2 Å². The molecule has 6 nitrogen and oxygen atoms in total. The zero-order valence-corrected chi connectivity index (χ0v) is 15.8. The van der Waals surface area contributed by atoms with Crippen LogP contribution in [0.5, 0.6) is 0 Å². The molecule has 0 spiro atoms. The molecule has 1 aromatic heterocycles. The van der Waals surface area contributed by atoms with Gasteiger partial charge in [0.25, 0.3) is 11.6 Å². The number of hydrazone groups is 1. The van der Waals surface area contributed by atoms with E-state index in [1.165, 1.54) is 24.4 Å². The molecule has 26 heavy (non-hydrogen) atoms. The molecular formula is C16H8Cl3N3O3S. The molecular weight excluding hydrogens is 421 g/mol. The van der Waals surface area contributed by atoms with E-state index in [0.29, 0.717) is 25.7 Å². The number of non-ortho nitro benzene ring substituents is 1. The molecule has 0 aliphatic heterocycles. The highest BCUT2D eigenvalue weighted by atomic mass is 35.5. The van der Waals surface area contributed by atoms with E-state index in [9.17, 15) is 14.9 Å². The maximum Gasteiger partial charge on any atom is 0.283 e. The van der Waals surface area contributed by atoms with Crippen molar-refractivity contribution in [2.75, 3.05) is 0 Å². The van der Waals surface area contributed by atoms with Crippen LogP contribution in [0.2, 0.25) is 15.1 Å². The molecule has 0 unspecified atom stereocenters. The van der Waals surface area contributed by atoms with Crippen molar-refractivity contribution in [2.45, 2.75) is 0 Å². The lowest BCUT2D eigenvalue weighted by atomic mass is 10.2. The molecule has 0 fully saturated rings. The number of nitro groups is 1. The molecule has 3 aromatic rings. The molecule has 0 bridgehead atoms. The van der Waals surface area contributed by atoms with E-state index in [0.717, 1.165) is 11.3 Å². The molecule has 1 heterocycles. The fourth-order valence-corrected chi connectivity index (χ4v) is 4.46. The van der Waals surface area contributed by atoms with Crippen LogP contribution in [0.4, 0.5) is 5.69 Å². The number of thiophene rings is 1. The highest BCUT2D eigenvalue weighted by Gasteiger charge is 2.19. The Morgan fingerprint density at radius 2 is 2.00 bits per heavy atom. The molecule has 0 radical (unpaired) electrons. The monoisotopic (exact) mass is 427 g/mol. The van der Waals surface area contributed by atoms with Crippen molar-refractivity contribution in [1.29, 1.82) is 0 Å². The van der Waals surface area contributed by atoms with Gasteiger partial charge in [0.15, 0.2) is 0 Å². The van der Waals surface area contributed by atoms with Crippen molar-refractivity contribution in [3.63, 3.8) is 0 Å². The molecule has 132 valence electrons. The number of nitrogens with zero attached hydrogens (tertiary/aromatic N) is 2. The van der Waals surface area contributed by atoms with Crippen LogP contribution in [0.25, 0.3) is 10.1 Å². The summed E-state index contributed by atoms with van der Waals surface area (Å²) in [6.45, 7) is 0. The summed E-state index contributed by atoms with van der Waals surface area (Å²) < 4.78 is 0.681. The van der Waals surface area contributed by atoms with Gasteiger partial charge in [-0.1, -0.05) is 46.9 Å². The molecule has 0 saturated carbocycles. The van der Waals surface area contributed by atoms with Gasteiger partial charge in [-0.3, -0.25) is 14.9 Å². The van der Waals surface area contributed by atoms with E-state index < -0.39 is 10.8 Å². The lowest BCUT2D eigenvalue weighted by Crippen LogP contribution is -2.16. The predicted octanol–water partition coefficient (Wildman–Crippen LogP) is 5.53. The first-order valence-corrected chi connectivity index (χ1v) is 8.97. The fourth-order valence-electron chi connectivity index (χ4n) is 2.19. The van der Waals surface area contributed by atoms with Crippen LogP contribution in [0.3, 0.4) is 0 Å². The second-order valence-corrected chi connectivity index (χ2v) is 7.33. The second-order valence-electron chi connectivity index (χ2n) is 5.06. The average molecular weight is 429 g/mol. The van der Waals surface area contributed by atoms with Gasteiger partial charge < -0.3 is 0 Å². The third kappa shape index (κ3) is 3.81. The number of amides is 1. The third-order valence-electron chi connectivity index (χ3n) is 3.32. The fraction of sp³-hybridized carbons (Fsp3) is 0. The number of carbonyl (C=O) groups is 1. The number of nitrogens with one attached hydrogen (secondary N) is 1. The Labute approximate surface area is 166 Å². The van der Waals surface area contributed by atoms with E-state index in [-0.39, 0.29) is 15.6 Å². The van der Waals surface area contributed by atoms with E-state index in [1.54, 1.807) is 18.2 Å². The van der Waals surface area contributed by atoms with Gasteiger partial charge in [0, 0.05) is 32.8 Å². The first-order valence-electron chi connectivity index (χ1n) is 7.01.